The number of carbonyl (C=O) groups is 4. The molecule has 0 aromatic rings. The molecule has 17 nitrogen and oxygen atoms in total. The molecule has 3 N–H and O–H groups in total. The summed E-state index contributed by atoms with van der Waals surface area (Å²) in [5.74, 6) is 0.0918. The van der Waals surface area contributed by atoms with Gasteiger partial charge in [-0.15, -0.1) is 0 Å². The maximum absolute atomic E-state index is 13.0. The quantitative estimate of drug-likeness (QED) is 0.0222. The number of hydrogen-bond acceptors (Lipinski definition) is 15. The first-order valence-corrected chi connectivity index (χ1v) is 39.9. The first-order valence-electron chi connectivity index (χ1n) is 36.9. The lowest BCUT2D eigenvalue weighted by Crippen LogP contribution is -2.30. The molecule has 3 unspecified atom stereocenters. The van der Waals surface area contributed by atoms with Crippen molar-refractivity contribution in [3.05, 3.63) is 0 Å². The molecule has 90 heavy (non-hydrogen) atoms. The van der Waals surface area contributed by atoms with Crippen LogP contribution in [0.2, 0.25) is 0 Å². The fourth-order valence-electron chi connectivity index (χ4n) is 10.7. The second-order valence-corrected chi connectivity index (χ2v) is 29.7. The molecule has 0 rings (SSSR count). The van der Waals surface area contributed by atoms with Gasteiger partial charge in [0.15, 0.2) is 12.2 Å². The molecule has 0 fully saturated rings. The summed E-state index contributed by atoms with van der Waals surface area (Å²) in [6.45, 7) is 11.8. The normalized spacial score (nSPS) is 14.5. The third-order valence-electron chi connectivity index (χ3n) is 16.7. The molecule has 0 aliphatic carbocycles. The van der Waals surface area contributed by atoms with Crippen molar-refractivity contribution < 1.29 is 80.2 Å². The Kier molecular flexibility index (Phi) is 60.6. The van der Waals surface area contributed by atoms with Crippen molar-refractivity contribution in [2.45, 2.75) is 375 Å². The zero-order chi connectivity index (χ0) is 66.6. The van der Waals surface area contributed by atoms with Gasteiger partial charge in [-0.1, -0.05) is 305 Å². The van der Waals surface area contributed by atoms with Crippen molar-refractivity contribution in [2.75, 3.05) is 39.6 Å². The van der Waals surface area contributed by atoms with Crippen molar-refractivity contribution in [1.82, 2.24) is 0 Å². The summed E-state index contributed by atoms with van der Waals surface area (Å²) >= 11 is 0. The van der Waals surface area contributed by atoms with Gasteiger partial charge in [-0.05, 0) is 43.4 Å². The number of ether oxygens (including phenoxy) is 4. The number of aliphatic hydroxyl groups is 1. The zero-order valence-electron chi connectivity index (χ0n) is 58.6. The Morgan fingerprint density at radius 2 is 0.567 bits per heavy atom. The number of carbonyl (C=O) groups excluding carboxylic acids is 4. The molecule has 0 bridgehead atoms. The molecule has 0 aliphatic heterocycles. The number of phosphoric acid groups is 2. The van der Waals surface area contributed by atoms with E-state index in [0.29, 0.717) is 31.6 Å². The van der Waals surface area contributed by atoms with E-state index >= 15 is 0 Å². The summed E-state index contributed by atoms with van der Waals surface area (Å²) < 4.78 is 68.3. The number of rotatable bonds is 69. The van der Waals surface area contributed by atoms with Crippen LogP contribution in [0, 0.1) is 17.8 Å². The summed E-state index contributed by atoms with van der Waals surface area (Å²) in [5, 5.41) is 10.6. The molecule has 6 atom stereocenters. The van der Waals surface area contributed by atoms with E-state index in [9.17, 15) is 43.2 Å². The van der Waals surface area contributed by atoms with Gasteiger partial charge in [0, 0.05) is 25.7 Å². The van der Waals surface area contributed by atoms with E-state index in [1.165, 1.54) is 161 Å². The molecule has 0 aromatic heterocycles. The lowest BCUT2D eigenvalue weighted by atomic mass is 9.99. The highest BCUT2D eigenvalue weighted by Gasteiger charge is 2.30. The lowest BCUT2D eigenvalue weighted by Gasteiger charge is -2.21. The van der Waals surface area contributed by atoms with Crippen molar-refractivity contribution in [3.63, 3.8) is 0 Å². The maximum atomic E-state index is 13.0. The predicted octanol–water partition coefficient (Wildman–Crippen LogP) is 20.2. The van der Waals surface area contributed by atoms with Crippen molar-refractivity contribution in [3.8, 4) is 0 Å². The highest BCUT2D eigenvalue weighted by atomic mass is 31.2. The molecule has 0 aromatic carbocycles. The molecule has 0 aliphatic rings. The average molecular weight is 1330 g/mol. The summed E-state index contributed by atoms with van der Waals surface area (Å²) in [6, 6.07) is 0. The number of esters is 4. The largest absolute Gasteiger partial charge is 0.472 e. The zero-order valence-corrected chi connectivity index (χ0v) is 60.4. The molecule has 0 saturated heterocycles. The standard InChI is InChI=1S/C71H138O17P2/c1-8-10-11-12-13-14-15-16-17-18-19-20-23-32-40-47-54-70(75)87-66(58-81-68(73)52-45-38-31-24-21-22-28-35-42-49-62(3)4)60-85-89(77,78)83-56-65(72)57-84-90(79,80)86-61-67(59-82-69(74)53-46-39-34-27-29-36-43-50-63(5)6)88-71(76)55-48-41-33-26-25-30-37-44-51-64(7)9-2/h62-67,72H,8-61H2,1-7H3,(H,77,78)(H,79,80)/t64?,65-,66-,67-/m1/s1. The van der Waals surface area contributed by atoms with E-state index in [1.807, 2.05) is 0 Å². The van der Waals surface area contributed by atoms with Gasteiger partial charge in [-0.25, -0.2) is 9.13 Å². The van der Waals surface area contributed by atoms with E-state index < -0.39 is 97.5 Å². The Hall–Kier alpha value is -1.94. The number of unbranched alkanes of at least 4 members (excludes halogenated alkanes) is 36. The summed E-state index contributed by atoms with van der Waals surface area (Å²) in [7, 11) is -9.90. The molecule has 534 valence electrons. The Balaban J connectivity index is 5.25. The Morgan fingerprint density at radius 1 is 0.322 bits per heavy atom. The van der Waals surface area contributed by atoms with E-state index in [4.69, 9.17) is 37.0 Å². The molecular formula is C71H138O17P2. The van der Waals surface area contributed by atoms with E-state index in [0.717, 1.165) is 108 Å². The van der Waals surface area contributed by atoms with E-state index in [1.54, 1.807) is 0 Å². The van der Waals surface area contributed by atoms with Crippen molar-refractivity contribution in [2.24, 2.45) is 17.8 Å². The highest BCUT2D eigenvalue weighted by Crippen LogP contribution is 2.45. The van der Waals surface area contributed by atoms with Crippen molar-refractivity contribution >= 4 is 39.5 Å². The molecule has 0 spiro atoms. The predicted molar refractivity (Wildman–Crippen MR) is 363 cm³/mol. The monoisotopic (exact) mass is 1320 g/mol. The first kappa shape index (κ1) is 88.1. The van der Waals surface area contributed by atoms with Gasteiger partial charge in [0.25, 0.3) is 0 Å². The third-order valence-corrected chi connectivity index (χ3v) is 18.6. The topological polar surface area (TPSA) is 237 Å². The molecule has 0 heterocycles. The lowest BCUT2D eigenvalue weighted by molar-refractivity contribution is -0.161. The number of aliphatic hydroxyl groups excluding tert-OH is 1. The third kappa shape index (κ3) is 63.5. The Labute approximate surface area is 549 Å². The van der Waals surface area contributed by atoms with Crippen molar-refractivity contribution in [1.29, 1.82) is 0 Å². The van der Waals surface area contributed by atoms with Crippen LogP contribution in [-0.4, -0.2) is 96.7 Å². The van der Waals surface area contributed by atoms with Gasteiger partial charge in [0.1, 0.15) is 19.3 Å². The smallest absolute Gasteiger partial charge is 0.462 e. The first-order chi connectivity index (χ1) is 43.3. The van der Waals surface area contributed by atoms with E-state index in [2.05, 4.69) is 48.5 Å². The summed E-state index contributed by atoms with van der Waals surface area (Å²) in [4.78, 5) is 72.6. The van der Waals surface area contributed by atoms with Gasteiger partial charge in [-0.2, -0.15) is 0 Å². The summed E-state index contributed by atoms with van der Waals surface area (Å²) in [5.41, 5.74) is 0. The SMILES string of the molecule is CCCCCCCCCCCCCCCCCCC(=O)O[C@H](COC(=O)CCCCCCCCCCCC(C)C)COP(=O)(O)OC[C@@H](O)COP(=O)(O)OC[C@@H](COC(=O)CCCCCCCCCC(C)C)OC(=O)CCCCCCCCCCC(C)CC. The van der Waals surface area contributed by atoms with Crippen LogP contribution in [0.15, 0.2) is 0 Å². The van der Waals surface area contributed by atoms with E-state index in [-0.39, 0.29) is 25.7 Å². The fraction of sp³-hybridized carbons (Fsp3) is 0.944. The minimum absolute atomic E-state index is 0.104. The average Bonchev–Trinajstić information content (AvgIpc) is 2.99. The Bertz CT molecular complexity index is 1770. The van der Waals surface area contributed by atoms with Crippen LogP contribution >= 0.6 is 15.6 Å². The second kappa shape index (κ2) is 61.9. The maximum Gasteiger partial charge on any atom is 0.472 e. The highest BCUT2D eigenvalue weighted by molar-refractivity contribution is 7.47. The number of phosphoric ester groups is 2. The molecule has 0 amide bonds. The van der Waals surface area contributed by atoms with Crippen LogP contribution < -0.4 is 0 Å². The van der Waals surface area contributed by atoms with Crippen LogP contribution in [-0.2, 0) is 65.4 Å². The van der Waals surface area contributed by atoms with Gasteiger partial charge in [-0.3, -0.25) is 37.3 Å². The van der Waals surface area contributed by atoms with Gasteiger partial charge in [0.05, 0.1) is 26.4 Å². The van der Waals surface area contributed by atoms with Crippen LogP contribution in [0.25, 0.3) is 0 Å². The fourth-order valence-corrected chi connectivity index (χ4v) is 12.3. The van der Waals surface area contributed by atoms with Crippen LogP contribution in [0.3, 0.4) is 0 Å². The second-order valence-electron chi connectivity index (χ2n) is 26.8. The number of hydrogen-bond donors (Lipinski definition) is 3. The Morgan fingerprint density at radius 3 is 0.844 bits per heavy atom. The van der Waals surface area contributed by atoms with Gasteiger partial charge < -0.3 is 33.8 Å². The van der Waals surface area contributed by atoms with Crippen LogP contribution in [0.4, 0.5) is 0 Å². The van der Waals surface area contributed by atoms with Crippen LogP contribution in [0.5, 0.6) is 0 Å². The van der Waals surface area contributed by atoms with Gasteiger partial charge >= 0.3 is 39.5 Å². The molecule has 19 heteroatoms. The minimum atomic E-state index is -4.95. The minimum Gasteiger partial charge on any atom is -0.462 e. The van der Waals surface area contributed by atoms with Gasteiger partial charge in [0.2, 0.25) is 0 Å². The molecular weight excluding hydrogens is 1190 g/mol. The molecule has 0 radical (unpaired) electrons. The van der Waals surface area contributed by atoms with Crippen LogP contribution in [0.1, 0.15) is 357 Å². The molecule has 0 saturated carbocycles. The summed E-state index contributed by atoms with van der Waals surface area (Å²) in [6.07, 6.45) is 45.8.